The molecule has 1 fully saturated rings. The fraction of sp³-hybridized carbons (Fsp3) is 0.250. The molecule has 1 amide bonds. The second-order valence-corrected chi connectivity index (χ2v) is 11.5. The molecule has 0 bridgehead atoms. The fourth-order valence-corrected chi connectivity index (χ4v) is 6.48. The molecule has 5 aromatic rings. The number of pyridine rings is 1. The highest BCUT2D eigenvalue weighted by Crippen LogP contribution is 2.40. The largest absolute Gasteiger partial charge is 0.381 e. The first-order valence-corrected chi connectivity index (χ1v) is 15.2. The molecule has 1 aliphatic heterocycles. The van der Waals surface area contributed by atoms with E-state index in [1.807, 2.05) is 36.5 Å². The molecule has 0 spiro atoms. The second kappa shape index (κ2) is 11.5. The maximum atomic E-state index is 14.1. The first kappa shape index (κ1) is 27.1. The van der Waals surface area contributed by atoms with E-state index in [0.29, 0.717) is 0 Å². The lowest BCUT2D eigenvalue weighted by Gasteiger charge is -2.24. The molecule has 6 nitrogen and oxygen atoms in total. The Morgan fingerprint density at radius 1 is 0.930 bits per heavy atom. The number of fused-ring (bicyclic) bond motifs is 2. The van der Waals surface area contributed by atoms with E-state index in [0.717, 1.165) is 100 Å². The molecule has 2 aromatic heterocycles. The molecule has 7 heteroatoms. The molecular formula is C36H34FN5O. The Bertz CT molecular complexity index is 1870. The number of nitrogens with zero attached hydrogens (tertiary/aromatic N) is 2. The van der Waals surface area contributed by atoms with Gasteiger partial charge in [-0.05, 0) is 72.4 Å². The van der Waals surface area contributed by atoms with Crippen molar-refractivity contribution in [3.05, 3.63) is 102 Å². The van der Waals surface area contributed by atoms with Gasteiger partial charge in [0.1, 0.15) is 11.6 Å². The SMILES string of the molecule is CCC1=C(c2nc3c(-c4cccc(F)c4)cccc3[nH]2)c2cc(-c3cncc(NC(=O)C4CCCCC4)c3)ccc2NC1. The Morgan fingerprint density at radius 2 is 1.79 bits per heavy atom. The predicted molar refractivity (Wildman–Crippen MR) is 171 cm³/mol. The predicted octanol–water partition coefficient (Wildman–Crippen LogP) is 8.59. The Kier molecular flexibility index (Phi) is 7.23. The number of rotatable bonds is 6. The third kappa shape index (κ3) is 5.31. The highest BCUT2D eigenvalue weighted by atomic mass is 19.1. The minimum Gasteiger partial charge on any atom is -0.381 e. The number of carbonyl (C=O) groups excluding carboxylic acids is 1. The minimum absolute atomic E-state index is 0.0811. The third-order valence-electron chi connectivity index (χ3n) is 8.76. The normalized spacial score (nSPS) is 15.3. The summed E-state index contributed by atoms with van der Waals surface area (Å²) in [6.45, 7) is 2.89. The number of nitrogens with one attached hydrogen (secondary N) is 3. The summed E-state index contributed by atoms with van der Waals surface area (Å²) in [5.41, 5.74) is 10.5. The summed E-state index contributed by atoms with van der Waals surface area (Å²) in [6.07, 6.45) is 9.78. The topological polar surface area (TPSA) is 82.7 Å². The first-order valence-electron chi connectivity index (χ1n) is 15.2. The van der Waals surface area contributed by atoms with Crippen LogP contribution in [0, 0.1) is 11.7 Å². The minimum atomic E-state index is -0.270. The summed E-state index contributed by atoms with van der Waals surface area (Å²) in [7, 11) is 0. The number of para-hydroxylation sites is 1. The van der Waals surface area contributed by atoms with Gasteiger partial charge in [0.05, 0.1) is 22.9 Å². The van der Waals surface area contributed by atoms with E-state index < -0.39 is 0 Å². The highest BCUT2D eigenvalue weighted by molar-refractivity contribution is 5.97. The molecule has 7 rings (SSSR count). The van der Waals surface area contributed by atoms with E-state index in [1.165, 1.54) is 18.1 Å². The number of hydrogen-bond acceptors (Lipinski definition) is 4. The average Bonchev–Trinajstić information content (AvgIpc) is 3.48. The van der Waals surface area contributed by atoms with Crippen LogP contribution in [-0.2, 0) is 4.79 Å². The van der Waals surface area contributed by atoms with E-state index in [4.69, 9.17) is 4.98 Å². The number of aromatic amines is 1. The zero-order chi connectivity index (χ0) is 29.3. The summed E-state index contributed by atoms with van der Waals surface area (Å²) >= 11 is 0. The maximum absolute atomic E-state index is 14.1. The van der Waals surface area contributed by atoms with Gasteiger partial charge in [-0.2, -0.15) is 0 Å². The zero-order valence-electron chi connectivity index (χ0n) is 24.2. The van der Waals surface area contributed by atoms with Gasteiger partial charge in [-0.3, -0.25) is 9.78 Å². The van der Waals surface area contributed by atoms with Crippen molar-refractivity contribution in [1.82, 2.24) is 15.0 Å². The van der Waals surface area contributed by atoms with Gasteiger partial charge >= 0.3 is 0 Å². The Hall–Kier alpha value is -4.78. The first-order chi connectivity index (χ1) is 21.1. The molecule has 216 valence electrons. The third-order valence-corrected chi connectivity index (χ3v) is 8.76. The molecule has 0 unspecified atom stereocenters. The molecule has 3 N–H and O–H groups in total. The van der Waals surface area contributed by atoms with Gasteiger partial charge in [0.2, 0.25) is 5.91 Å². The zero-order valence-corrected chi connectivity index (χ0v) is 24.2. The summed E-state index contributed by atoms with van der Waals surface area (Å²) < 4.78 is 14.1. The number of hydrogen-bond donors (Lipinski definition) is 3. The number of amides is 1. The molecule has 43 heavy (non-hydrogen) atoms. The molecule has 3 aromatic carbocycles. The Balaban J connectivity index is 1.26. The van der Waals surface area contributed by atoms with Gasteiger partial charge in [-0.15, -0.1) is 0 Å². The lowest BCUT2D eigenvalue weighted by atomic mass is 9.88. The van der Waals surface area contributed by atoms with Crippen molar-refractivity contribution < 1.29 is 9.18 Å². The molecule has 1 saturated carbocycles. The van der Waals surface area contributed by atoms with Crippen LogP contribution in [-0.4, -0.2) is 27.4 Å². The van der Waals surface area contributed by atoms with Crippen molar-refractivity contribution in [2.45, 2.75) is 45.4 Å². The van der Waals surface area contributed by atoms with Gasteiger partial charge in [0.15, 0.2) is 0 Å². The number of imidazole rings is 1. The van der Waals surface area contributed by atoms with Crippen molar-refractivity contribution in [3.63, 3.8) is 0 Å². The fourth-order valence-electron chi connectivity index (χ4n) is 6.48. The van der Waals surface area contributed by atoms with Crippen LogP contribution in [0.1, 0.15) is 56.8 Å². The Morgan fingerprint density at radius 3 is 2.63 bits per heavy atom. The maximum Gasteiger partial charge on any atom is 0.227 e. The van der Waals surface area contributed by atoms with Gasteiger partial charge < -0.3 is 15.6 Å². The lowest BCUT2D eigenvalue weighted by Crippen LogP contribution is -2.24. The van der Waals surface area contributed by atoms with Gasteiger partial charge in [0, 0.05) is 46.6 Å². The molecule has 0 radical (unpaired) electrons. The summed E-state index contributed by atoms with van der Waals surface area (Å²) in [5.74, 6) is 0.696. The van der Waals surface area contributed by atoms with Crippen LogP contribution < -0.4 is 10.6 Å². The number of H-pyrrole nitrogens is 1. The summed E-state index contributed by atoms with van der Waals surface area (Å²) in [6, 6.07) is 21.0. The number of aromatic nitrogens is 3. The van der Waals surface area contributed by atoms with Crippen molar-refractivity contribution >= 4 is 33.9 Å². The van der Waals surface area contributed by atoms with Crippen LogP contribution in [0.5, 0.6) is 0 Å². The van der Waals surface area contributed by atoms with E-state index >= 15 is 0 Å². The van der Waals surface area contributed by atoms with Crippen LogP contribution in [0.4, 0.5) is 15.8 Å². The molecule has 3 heterocycles. The summed E-state index contributed by atoms with van der Waals surface area (Å²) in [4.78, 5) is 26.0. The number of carbonyl (C=O) groups is 1. The Labute approximate surface area is 250 Å². The summed E-state index contributed by atoms with van der Waals surface area (Å²) in [5, 5.41) is 6.69. The van der Waals surface area contributed by atoms with Crippen LogP contribution >= 0.6 is 0 Å². The van der Waals surface area contributed by atoms with Gasteiger partial charge in [0.25, 0.3) is 0 Å². The smallest absolute Gasteiger partial charge is 0.227 e. The van der Waals surface area contributed by atoms with Crippen LogP contribution in [0.2, 0.25) is 0 Å². The lowest BCUT2D eigenvalue weighted by molar-refractivity contribution is -0.120. The van der Waals surface area contributed by atoms with Crippen molar-refractivity contribution in [1.29, 1.82) is 0 Å². The molecule has 0 saturated heterocycles. The molecular weight excluding hydrogens is 537 g/mol. The standard InChI is InChI=1S/C36H34FN5O/c1-2-22-20-39-31-15-14-24(26-17-28(21-38-19-26)40-36(43)23-8-4-3-5-9-23)18-30(31)33(22)35-41-32-13-7-12-29(34(32)42-35)25-10-6-11-27(37)16-25/h6-7,10-19,21,23,39H,2-5,8-9,20H2,1H3,(H,40,43)(H,41,42). The monoisotopic (exact) mass is 571 g/mol. The molecule has 0 atom stereocenters. The van der Waals surface area contributed by atoms with E-state index in [-0.39, 0.29) is 17.6 Å². The number of halogens is 1. The van der Waals surface area contributed by atoms with Gasteiger partial charge in [-0.25, -0.2) is 9.37 Å². The second-order valence-electron chi connectivity index (χ2n) is 11.5. The van der Waals surface area contributed by atoms with Crippen LogP contribution in [0.25, 0.3) is 38.9 Å². The highest BCUT2D eigenvalue weighted by Gasteiger charge is 2.24. The van der Waals surface area contributed by atoms with Gasteiger partial charge in [-0.1, -0.05) is 56.5 Å². The van der Waals surface area contributed by atoms with Crippen LogP contribution in [0.15, 0.2) is 84.7 Å². The van der Waals surface area contributed by atoms with E-state index in [9.17, 15) is 9.18 Å². The number of anilines is 2. The van der Waals surface area contributed by atoms with Crippen molar-refractivity contribution in [3.8, 4) is 22.3 Å². The average molecular weight is 572 g/mol. The van der Waals surface area contributed by atoms with Crippen molar-refractivity contribution in [2.24, 2.45) is 5.92 Å². The van der Waals surface area contributed by atoms with E-state index in [1.54, 1.807) is 18.3 Å². The number of benzene rings is 3. The molecule has 2 aliphatic rings. The molecule has 1 aliphatic carbocycles. The van der Waals surface area contributed by atoms with Crippen molar-refractivity contribution in [2.75, 3.05) is 17.2 Å². The van der Waals surface area contributed by atoms with Crippen LogP contribution in [0.3, 0.4) is 0 Å². The quantitative estimate of drug-likeness (QED) is 0.191. The van der Waals surface area contributed by atoms with E-state index in [2.05, 4.69) is 45.7 Å².